The molecule has 0 aliphatic carbocycles. The molecule has 19 heavy (non-hydrogen) atoms. The van der Waals surface area contributed by atoms with Gasteiger partial charge in [-0.3, -0.25) is 0 Å². The molecule has 1 aromatic carbocycles. The van der Waals surface area contributed by atoms with Gasteiger partial charge in [0.2, 0.25) is 0 Å². The number of benzene rings is 1. The Balaban J connectivity index is 2.66. The van der Waals surface area contributed by atoms with E-state index in [4.69, 9.17) is 4.74 Å². The molecular formula is C17H29NO. The van der Waals surface area contributed by atoms with Crippen molar-refractivity contribution in [3.05, 3.63) is 34.9 Å². The lowest BCUT2D eigenvalue weighted by Crippen LogP contribution is -2.15. The Morgan fingerprint density at radius 3 is 2.37 bits per heavy atom. The highest BCUT2D eigenvalue weighted by Gasteiger charge is 2.09. The smallest absolute Gasteiger partial charge is 0.0590 e. The topological polar surface area (TPSA) is 21.3 Å². The second-order valence-electron chi connectivity index (χ2n) is 5.73. The van der Waals surface area contributed by atoms with Crippen molar-refractivity contribution in [1.82, 2.24) is 5.32 Å². The van der Waals surface area contributed by atoms with Crippen molar-refractivity contribution < 1.29 is 4.74 Å². The summed E-state index contributed by atoms with van der Waals surface area (Å²) in [7, 11) is 1.95. The van der Waals surface area contributed by atoms with Crippen molar-refractivity contribution in [1.29, 1.82) is 0 Å². The Kier molecular flexibility index (Phi) is 7.11. The average Bonchev–Trinajstić information content (AvgIpc) is 2.38. The van der Waals surface area contributed by atoms with E-state index >= 15 is 0 Å². The normalized spacial score (nSPS) is 11.5. The van der Waals surface area contributed by atoms with Gasteiger partial charge >= 0.3 is 0 Å². The van der Waals surface area contributed by atoms with E-state index in [0.29, 0.717) is 11.8 Å². The zero-order valence-electron chi connectivity index (χ0n) is 13.1. The standard InChI is InChI=1S/C17H29NO/c1-13(2)16-7-6-15(17(12-16)14(3)4)8-10-19-11-9-18-5/h6-7,12-14,18H,8-11H2,1-5H3. The van der Waals surface area contributed by atoms with Gasteiger partial charge in [0, 0.05) is 6.54 Å². The first-order chi connectivity index (χ1) is 9.06. The molecule has 0 fully saturated rings. The van der Waals surface area contributed by atoms with Crippen LogP contribution in [0.15, 0.2) is 18.2 Å². The number of hydrogen-bond donors (Lipinski definition) is 1. The molecule has 0 atom stereocenters. The van der Waals surface area contributed by atoms with Crippen molar-refractivity contribution >= 4 is 0 Å². The molecule has 0 saturated carbocycles. The minimum absolute atomic E-state index is 0.575. The summed E-state index contributed by atoms with van der Waals surface area (Å²) in [4.78, 5) is 0. The van der Waals surface area contributed by atoms with Crippen molar-refractivity contribution in [3.63, 3.8) is 0 Å². The molecule has 2 heteroatoms. The van der Waals surface area contributed by atoms with Crippen LogP contribution in [0.4, 0.5) is 0 Å². The summed E-state index contributed by atoms with van der Waals surface area (Å²) in [5.41, 5.74) is 4.34. The lowest BCUT2D eigenvalue weighted by molar-refractivity contribution is 0.140. The van der Waals surface area contributed by atoms with Gasteiger partial charge in [0.1, 0.15) is 0 Å². The van der Waals surface area contributed by atoms with Crippen LogP contribution in [0.2, 0.25) is 0 Å². The predicted octanol–water partition coefficient (Wildman–Crippen LogP) is 3.71. The number of ether oxygens (including phenoxy) is 1. The van der Waals surface area contributed by atoms with Crippen molar-refractivity contribution in [2.24, 2.45) is 0 Å². The van der Waals surface area contributed by atoms with Gasteiger partial charge in [-0.1, -0.05) is 45.9 Å². The number of nitrogens with one attached hydrogen (secondary N) is 1. The molecule has 1 N–H and O–H groups in total. The van der Waals surface area contributed by atoms with Crippen LogP contribution in [0.5, 0.6) is 0 Å². The first kappa shape index (κ1) is 16.2. The van der Waals surface area contributed by atoms with Gasteiger partial charge in [-0.15, -0.1) is 0 Å². The van der Waals surface area contributed by atoms with Crippen molar-refractivity contribution in [2.75, 3.05) is 26.8 Å². The highest BCUT2D eigenvalue weighted by Crippen LogP contribution is 2.25. The summed E-state index contributed by atoms with van der Waals surface area (Å²) in [5, 5.41) is 3.09. The van der Waals surface area contributed by atoms with Crippen LogP contribution in [0.1, 0.15) is 56.2 Å². The summed E-state index contributed by atoms with van der Waals surface area (Å²) >= 11 is 0. The highest BCUT2D eigenvalue weighted by atomic mass is 16.5. The van der Waals surface area contributed by atoms with Crippen LogP contribution in [-0.2, 0) is 11.2 Å². The summed E-state index contributed by atoms with van der Waals surface area (Å²) < 4.78 is 5.63. The Bertz CT molecular complexity index is 372. The molecule has 0 saturated heterocycles. The Labute approximate surface area is 118 Å². The number of likely N-dealkylation sites (N-methyl/N-ethyl adjacent to an activating group) is 1. The fraction of sp³-hybridized carbons (Fsp3) is 0.647. The molecule has 0 heterocycles. The maximum atomic E-state index is 5.63. The number of rotatable bonds is 8. The van der Waals surface area contributed by atoms with Crippen LogP contribution < -0.4 is 5.32 Å². The van der Waals surface area contributed by atoms with E-state index in [1.165, 1.54) is 16.7 Å². The monoisotopic (exact) mass is 263 g/mol. The van der Waals surface area contributed by atoms with E-state index < -0.39 is 0 Å². The van der Waals surface area contributed by atoms with E-state index in [0.717, 1.165) is 26.2 Å². The molecule has 0 aliphatic heterocycles. The molecule has 0 amide bonds. The van der Waals surface area contributed by atoms with Gasteiger partial charge in [0.05, 0.1) is 13.2 Å². The van der Waals surface area contributed by atoms with Crippen molar-refractivity contribution in [2.45, 2.75) is 46.0 Å². The molecular weight excluding hydrogens is 234 g/mol. The second kappa shape index (κ2) is 8.34. The van der Waals surface area contributed by atoms with Gasteiger partial charge in [-0.2, -0.15) is 0 Å². The average molecular weight is 263 g/mol. The Morgan fingerprint density at radius 1 is 1.05 bits per heavy atom. The fourth-order valence-corrected chi connectivity index (χ4v) is 2.20. The fourth-order valence-electron chi connectivity index (χ4n) is 2.20. The molecule has 1 aromatic rings. The largest absolute Gasteiger partial charge is 0.380 e. The molecule has 0 bridgehead atoms. The zero-order chi connectivity index (χ0) is 14.3. The highest BCUT2D eigenvalue weighted by molar-refractivity contribution is 5.35. The van der Waals surface area contributed by atoms with Gasteiger partial charge in [-0.25, -0.2) is 0 Å². The van der Waals surface area contributed by atoms with E-state index in [1.54, 1.807) is 0 Å². The first-order valence-electron chi connectivity index (χ1n) is 7.41. The third-order valence-electron chi connectivity index (χ3n) is 3.47. The summed E-state index contributed by atoms with van der Waals surface area (Å²) in [6.45, 7) is 11.6. The molecule has 1 rings (SSSR count). The van der Waals surface area contributed by atoms with E-state index in [-0.39, 0.29) is 0 Å². The quantitative estimate of drug-likeness (QED) is 0.722. The lowest BCUT2D eigenvalue weighted by atomic mass is 9.90. The molecule has 108 valence electrons. The van der Waals surface area contributed by atoms with Crippen molar-refractivity contribution in [3.8, 4) is 0 Å². The number of hydrogen-bond acceptors (Lipinski definition) is 2. The van der Waals surface area contributed by atoms with Crippen LogP contribution in [0.3, 0.4) is 0 Å². The maximum absolute atomic E-state index is 5.63. The second-order valence-corrected chi connectivity index (χ2v) is 5.73. The van der Waals surface area contributed by atoms with E-state index in [1.807, 2.05) is 7.05 Å². The summed E-state index contributed by atoms with van der Waals surface area (Å²) in [6, 6.07) is 6.92. The van der Waals surface area contributed by atoms with Gasteiger partial charge in [0.25, 0.3) is 0 Å². The van der Waals surface area contributed by atoms with Crippen LogP contribution in [0.25, 0.3) is 0 Å². The molecule has 0 aliphatic rings. The van der Waals surface area contributed by atoms with Crippen LogP contribution in [0, 0.1) is 0 Å². The Morgan fingerprint density at radius 2 is 1.79 bits per heavy atom. The third kappa shape index (κ3) is 5.33. The molecule has 0 aromatic heterocycles. The van der Waals surface area contributed by atoms with Crippen LogP contribution in [-0.4, -0.2) is 26.8 Å². The lowest BCUT2D eigenvalue weighted by Gasteiger charge is -2.16. The first-order valence-corrected chi connectivity index (χ1v) is 7.41. The van der Waals surface area contributed by atoms with Gasteiger partial charge < -0.3 is 10.1 Å². The Hall–Kier alpha value is -0.860. The van der Waals surface area contributed by atoms with E-state index in [9.17, 15) is 0 Å². The van der Waals surface area contributed by atoms with E-state index in [2.05, 4.69) is 51.2 Å². The molecule has 0 unspecified atom stereocenters. The zero-order valence-corrected chi connectivity index (χ0v) is 13.1. The minimum atomic E-state index is 0.575. The molecule has 0 radical (unpaired) electrons. The van der Waals surface area contributed by atoms with Crippen LogP contribution >= 0.6 is 0 Å². The van der Waals surface area contributed by atoms with Gasteiger partial charge in [0.15, 0.2) is 0 Å². The molecule has 2 nitrogen and oxygen atoms in total. The minimum Gasteiger partial charge on any atom is -0.380 e. The summed E-state index contributed by atoms with van der Waals surface area (Å²) in [5.74, 6) is 1.17. The maximum Gasteiger partial charge on any atom is 0.0590 e. The molecule has 0 spiro atoms. The predicted molar refractivity (Wildman–Crippen MR) is 83.1 cm³/mol. The summed E-state index contributed by atoms with van der Waals surface area (Å²) in [6.07, 6.45) is 1.01. The SMILES string of the molecule is CNCCOCCc1ccc(C(C)C)cc1C(C)C. The van der Waals surface area contributed by atoms with Gasteiger partial charge in [-0.05, 0) is 42.0 Å². The third-order valence-corrected chi connectivity index (χ3v) is 3.47.